The van der Waals surface area contributed by atoms with E-state index in [-0.39, 0.29) is 24.3 Å². The lowest BCUT2D eigenvalue weighted by molar-refractivity contribution is -0.138. The molecule has 0 bridgehead atoms. The molecule has 2 aromatic carbocycles. The highest BCUT2D eigenvalue weighted by molar-refractivity contribution is 5.88. The largest absolute Gasteiger partial charge is 0.478 e. The van der Waals surface area contributed by atoms with Crippen LogP contribution in [0.25, 0.3) is 0 Å². The van der Waals surface area contributed by atoms with Crippen molar-refractivity contribution in [3.8, 4) is 0 Å². The van der Waals surface area contributed by atoms with Crippen LogP contribution in [0, 0.1) is 0 Å². The molecule has 1 unspecified atom stereocenters. The van der Waals surface area contributed by atoms with Crippen molar-refractivity contribution in [2.24, 2.45) is 0 Å². The SMILES string of the molecule is CN(CC1c2ccccc2CN1c1cn[nH]c(=O)c1C(F)(F)F)c1cccc(C(=O)O)c1. The van der Waals surface area contributed by atoms with Gasteiger partial charge in [-0.2, -0.15) is 18.3 Å². The average molecular weight is 444 g/mol. The van der Waals surface area contributed by atoms with Gasteiger partial charge in [0.25, 0.3) is 5.56 Å². The lowest BCUT2D eigenvalue weighted by atomic mass is 10.0. The van der Waals surface area contributed by atoms with Gasteiger partial charge >= 0.3 is 12.1 Å². The Hall–Kier alpha value is -3.82. The van der Waals surface area contributed by atoms with Gasteiger partial charge in [-0.15, -0.1) is 0 Å². The van der Waals surface area contributed by atoms with Gasteiger partial charge in [-0.25, -0.2) is 9.89 Å². The first-order valence-electron chi connectivity index (χ1n) is 9.70. The van der Waals surface area contributed by atoms with Crippen molar-refractivity contribution in [3.63, 3.8) is 0 Å². The standard InChI is InChI=1S/C22H19F3N4O3/c1-28(15-7-4-6-13(9-15)21(31)32)12-18-16-8-3-2-5-14(16)11-29(18)17-10-26-27-20(30)19(17)22(23,24)25/h2-10,18H,11-12H2,1H3,(H,27,30)(H,31,32). The van der Waals surface area contributed by atoms with E-state index in [0.29, 0.717) is 5.69 Å². The van der Waals surface area contributed by atoms with Crippen molar-refractivity contribution in [3.05, 3.63) is 87.3 Å². The number of carboxylic acid groups (broad SMARTS) is 1. The molecule has 0 fully saturated rings. The third-order valence-corrected chi connectivity index (χ3v) is 5.54. The summed E-state index contributed by atoms with van der Waals surface area (Å²) in [6, 6.07) is 13.1. The number of alkyl halides is 3. The molecule has 7 nitrogen and oxygen atoms in total. The van der Waals surface area contributed by atoms with Crippen LogP contribution in [0.1, 0.15) is 33.1 Å². The van der Waals surface area contributed by atoms with Gasteiger partial charge in [-0.1, -0.05) is 30.3 Å². The van der Waals surface area contributed by atoms with Crippen molar-refractivity contribution in [2.45, 2.75) is 18.8 Å². The number of rotatable bonds is 5. The predicted octanol–water partition coefficient (Wildman–Crippen LogP) is 3.68. The van der Waals surface area contributed by atoms with Gasteiger partial charge in [-0.05, 0) is 29.3 Å². The van der Waals surface area contributed by atoms with Gasteiger partial charge in [0.1, 0.15) is 5.56 Å². The number of halogens is 3. The molecule has 32 heavy (non-hydrogen) atoms. The van der Waals surface area contributed by atoms with Crippen molar-refractivity contribution in [2.75, 3.05) is 23.4 Å². The molecule has 10 heteroatoms. The number of anilines is 2. The van der Waals surface area contributed by atoms with Crippen LogP contribution in [-0.2, 0) is 12.7 Å². The summed E-state index contributed by atoms with van der Waals surface area (Å²) < 4.78 is 41.2. The molecule has 0 saturated heterocycles. The molecule has 2 N–H and O–H groups in total. The molecule has 0 spiro atoms. The summed E-state index contributed by atoms with van der Waals surface area (Å²) in [4.78, 5) is 26.6. The second kappa shape index (κ2) is 8.03. The van der Waals surface area contributed by atoms with Crippen molar-refractivity contribution in [1.29, 1.82) is 0 Å². The fourth-order valence-electron chi connectivity index (χ4n) is 4.04. The topological polar surface area (TPSA) is 89.5 Å². The number of nitrogens with zero attached hydrogens (tertiary/aromatic N) is 3. The Morgan fingerprint density at radius 3 is 2.72 bits per heavy atom. The maximum Gasteiger partial charge on any atom is 0.423 e. The van der Waals surface area contributed by atoms with Crippen molar-refractivity contribution < 1.29 is 23.1 Å². The molecule has 0 amide bonds. The Bertz CT molecular complexity index is 1230. The molecule has 1 atom stereocenters. The number of likely N-dealkylation sites (N-methyl/N-ethyl adjacent to an activating group) is 1. The van der Waals surface area contributed by atoms with E-state index in [9.17, 15) is 27.9 Å². The third kappa shape index (κ3) is 3.91. The Morgan fingerprint density at radius 1 is 1.25 bits per heavy atom. The van der Waals surface area contributed by atoms with E-state index >= 15 is 0 Å². The minimum Gasteiger partial charge on any atom is -0.478 e. The van der Waals surface area contributed by atoms with Crippen LogP contribution in [-0.4, -0.2) is 34.9 Å². The smallest absolute Gasteiger partial charge is 0.423 e. The molecular weight excluding hydrogens is 425 g/mol. The molecule has 0 radical (unpaired) electrons. The predicted molar refractivity (Wildman–Crippen MR) is 112 cm³/mol. The van der Waals surface area contributed by atoms with Gasteiger partial charge in [-0.3, -0.25) is 4.79 Å². The summed E-state index contributed by atoms with van der Waals surface area (Å²) in [5.74, 6) is -1.07. The van der Waals surface area contributed by atoms with E-state index < -0.39 is 29.3 Å². The normalized spacial score (nSPS) is 15.5. The summed E-state index contributed by atoms with van der Waals surface area (Å²) in [6.07, 6.45) is -3.83. The second-order valence-electron chi connectivity index (χ2n) is 7.54. The van der Waals surface area contributed by atoms with Gasteiger partial charge < -0.3 is 14.9 Å². The fourth-order valence-corrected chi connectivity index (χ4v) is 4.04. The van der Waals surface area contributed by atoms with E-state index in [1.54, 1.807) is 36.2 Å². The van der Waals surface area contributed by atoms with Crippen molar-refractivity contribution >= 4 is 17.3 Å². The van der Waals surface area contributed by atoms with E-state index in [2.05, 4.69) is 5.10 Å². The lowest BCUT2D eigenvalue weighted by Gasteiger charge is -2.32. The molecule has 2 heterocycles. The number of carboxylic acids is 1. The number of hydrogen-bond acceptors (Lipinski definition) is 5. The molecule has 1 aliphatic rings. The first kappa shape index (κ1) is 21.4. The quantitative estimate of drug-likeness (QED) is 0.624. The molecule has 0 saturated carbocycles. The molecule has 4 rings (SSSR count). The zero-order valence-electron chi connectivity index (χ0n) is 16.9. The first-order chi connectivity index (χ1) is 15.2. The number of nitrogens with one attached hydrogen (secondary N) is 1. The van der Waals surface area contributed by atoms with E-state index in [0.717, 1.165) is 17.3 Å². The lowest BCUT2D eigenvalue weighted by Crippen LogP contribution is -2.35. The van der Waals surface area contributed by atoms with E-state index in [1.807, 2.05) is 17.2 Å². The van der Waals surface area contributed by atoms with Crippen LogP contribution in [0.2, 0.25) is 0 Å². The minimum atomic E-state index is -4.85. The number of fused-ring (bicyclic) bond motifs is 1. The number of carbonyl (C=O) groups is 1. The summed E-state index contributed by atoms with van der Waals surface area (Å²) in [7, 11) is 1.74. The number of aromatic amines is 1. The Kier molecular flexibility index (Phi) is 5.37. The second-order valence-corrected chi connectivity index (χ2v) is 7.54. The molecule has 1 aliphatic heterocycles. The number of benzene rings is 2. The monoisotopic (exact) mass is 444 g/mol. The Labute approximate surface area is 180 Å². The number of aromatic carboxylic acids is 1. The summed E-state index contributed by atoms with van der Waals surface area (Å²) in [5.41, 5.74) is -0.491. The summed E-state index contributed by atoms with van der Waals surface area (Å²) >= 11 is 0. The zero-order chi connectivity index (χ0) is 23.0. The first-order valence-corrected chi connectivity index (χ1v) is 9.70. The maximum atomic E-state index is 13.7. The highest BCUT2D eigenvalue weighted by Gasteiger charge is 2.42. The van der Waals surface area contributed by atoms with Crippen LogP contribution in [0.5, 0.6) is 0 Å². The van der Waals surface area contributed by atoms with Crippen LogP contribution in [0.3, 0.4) is 0 Å². The Balaban J connectivity index is 1.76. The van der Waals surface area contributed by atoms with Crippen molar-refractivity contribution in [1.82, 2.24) is 10.2 Å². The van der Waals surface area contributed by atoms with Gasteiger partial charge in [0.15, 0.2) is 0 Å². The van der Waals surface area contributed by atoms with Crippen LogP contribution < -0.4 is 15.4 Å². The third-order valence-electron chi connectivity index (χ3n) is 5.54. The highest BCUT2D eigenvalue weighted by Crippen LogP contribution is 2.42. The molecular formula is C22H19F3N4O3. The zero-order valence-corrected chi connectivity index (χ0v) is 16.9. The molecule has 3 aromatic rings. The molecule has 1 aromatic heterocycles. The fraction of sp³-hybridized carbons (Fsp3) is 0.227. The van der Waals surface area contributed by atoms with Crippen LogP contribution in [0.4, 0.5) is 24.5 Å². The van der Waals surface area contributed by atoms with Gasteiger partial charge in [0.2, 0.25) is 0 Å². The van der Waals surface area contributed by atoms with Gasteiger partial charge in [0, 0.05) is 25.8 Å². The average Bonchev–Trinajstić information content (AvgIpc) is 3.11. The Morgan fingerprint density at radius 2 is 2.00 bits per heavy atom. The van der Waals surface area contributed by atoms with Crippen LogP contribution in [0.15, 0.2) is 59.5 Å². The minimum absolute atomic E-state index is 0.108. The van der Waals surface area contributed by atoms with E-state index in [4.69, 9.17) is 0 Å². The summed E-state index contributed by atoms with van der Waals surface area (Å²) in [5, 5.41) is 14.7. The van der Waals surface area contributed by atoms with Gasteiger partial charge in [0.05, 0.1) is 23.5 Å². The number of hydrogen-bond donors (Lipinski definition) is 2. The number of H-pyrrole nitrogens is 1. The highest BCUT2D eigenvalue weighted by atomic mass is 19.4. The van der Waals surface area contributed by atoms with E-state index in [1.165, 1.54) is 17.0 Å². The van der Waals surface area contributed by atoms with Crippen LogP contribution >= 0.6 is 0 Å². The molecule has 166 valence electrons. The summed E-state index contributed by atoms with van der Waals surface area (Å²) in [6.45, 7) is 0.433. The molecule has 0 aliphatic carbocycles. The maximum absolute atomic E-state index is 13.7. The number of aromatic nitrogens is 2.